The normalized spacial score (nSPS) is 18.2. The number of rotatable bonds is 3. The summed E-state index contributed by atoms with van der Waals surface area (Å²) < 4.78 is 10.9. The number of halogens is 2. The number of carbonyl (C=O) groups excluding carboxylic acids is 1. The van der Waals surface area contributed by atoms with E-state index in [1.807, 2.05) is 6.92 Å². The van der Waals surface area contributed by atoms with E-state index in [1.54, 1.807) is 12.1 Å². The van der Waals surface area contributed by atoms with Crippen LogP contribution in [-0.4, -0.2) is 32.2 Å². The highest BCUT2D eigenvalue weighted by Gasteiger charge is 2.29. The fourth-order valence-electron chi connectivity index (χ4n) is 2.28. The van der Waals surface area contributed by atoms with Gasteiger partial charge in [-0.15, -0.1) is 12.4 Å². The van der Waals surface area contributed by atoms with Gasteiger partial charge >= 0.3 is 0 Å². The SMILES string of the molecule is CC(C(=O)Nc1cc2c(cc1Cl)OCCO2)C1CNC1.Cl. The molecule has 0 bridgehead atoms. The first-order chi connectivity index (χ1) is 9.65. The molecule has 1 amide bonds. The van der Waals surface area contributed by atoms with Gasteiger partial charge in [-0.1, -0.05) is 18.5 Å². The van der Waals surface area contributed by atoms with Crippen molar-refractivity contribution >= 4 is 35.6 Å². The molecule has 116 valence electrons. The molecule has 5 nitrogen and oxygen atoms in total. The molecule has 2 aliphatic rings. The maximum absolute atomic E-state index is 12.2. The van der Waals surface area contributed by atoms with Gasteiger partial charge in [0.05, 0.1) is 10.7 Å². The molecule has 2 heterocycles. The molecular weight excluding hydrogens is 315 g/mol. The Morgan fingerprint density at radius 1 is 1.33 bits per heavy atom. The molecule has 1 aromatic rings. The Balaban J connectivity index is 0.00000161. The molecule has 0 aliphatic carbocycles. The van der Waals surface area contributed by atoms with E-state index in [9.17, 15) is 4.79 Å². The van der Waals surface area contributed by atoms with Crippen molar-refractivity contribution in [3.05, 3.63) is 17.2 Å². The molecular formula is C14H18Cl2N2O3. The maximum Gasteiger partial charge on any atom is 0.227 e. The third-order valence-corrected chi connectivity index (χ3v) is 4.14. The third kappa shape index (κ3) is 3.36. The van der Waals surface area contributed by atoms with Gasteiger partial charge in [0.15, 0.2) is 11.5 Å². The second kappa shape index (κ2) is 6.73. The Morgan fingerprint density at radius 2 is 1.95 bits per heavy atom. The van der Waals surface area contributed by atoms with Gasteiger partial charge in [-0.3, -0.25) is 4.79 Å². The average molecular weight is 333 g/mol. The molecule has 1 unspecified atom stereocenters. The monoisotopic (exact) mass is 332 g/mol. The lowest BCUT2D eigenvalue weighted by atomic mass is 9.88. The molecule has 0 radical (unpaired) electrons. The summed E-state index contributed by atoms with van der Waals surface area (Å²) >= 11 is 6.17. The summed E-state index contributed by atoms with van der Waals surface area (Å²) in [6, 6.07) is 3.40. The van der Waals surface area contributed by atoms with Gasteiger partial charge in [-0.25, -0.2) is 0 Å². The van der Waals surface area contributed by atoms with E-state index in [2.05, 4.69) is 10.6 Å². The van der Waals surface area contributed by atoms with Crippen LogP contribution in [0.3, 0.4) is 0 Å². The Hall–Kier alpha value is -1.17. The number of anilines is 1. The van der Waals surface area contributed by atoms with Crippen molar-refractivity contribution in [2.45, 2.75) is 6.92 Å². The van der Waals surface area contributed by atoms with Crippen molar-refractivity contribution in [1.29, 1.82) is 0 Å². The molecule has 21 heavy (non-hydrogen) atoms. The molecule has 2 N–H and O–H groups in total. The van der Waals surface area contributed by atoms with Crippen molar-refractivity contribution in [3.63, 3.8) is 0 Å². The second-order valence-electron chi connectivity index (χ2n) is 5.17. The highest BCUT2D eigenvalue weighted by atomic mass is 35.5. The Bertz CT molecular complexity index is 535. The van der Waals surface area contributed by atoms with Crippen LogP contribution >= 0.6 is 24.0 Å². The average Bonchev–Trinajstić information content (AvgIpc) is 2.37. The van der Waals surface area contributed by atoms with E-state index in [1.165, 1.54) is 0 Å². The highest BCUT2D eigenvalue weighted by molar-refractivity contribution is 6.34. The Labute approximate surface area is 134 Å². The van der Waals surface area contributed by atoms with Crippen molar-refractivity contribution in [1.82, 2.24) is 5.32 Å². The van der Waals surface area contributed by atoms with Crippen LogP contribution < -0.4 is 20.1 Å². The number of hydrogen-bond acceptors (Lipinski definition) is 4. The second-order valence-corrected chi connectivity index (χ2v) is 5.58. The van der Waals surface area contributed by atoms with Gasteiger partial charge in [0.1, 0.15) is 13.2 Å². The summed E-state index contributed by atoms with van der Waals surface area (Å²) in [5.41, 5.74) is 0.569. The zero-order valence-corrected chi connectivity index (χ0v) is 13.2. The molecule has 0 saturated carbocycles. The van der Waals surface area contributed by atoms with Crippen LogP contribution in [0.1, 0.15) is 6.92 Å². The minimum absolute atomic E-state index is 0. The number of benzene rings is 1. The summed E-state index contributed by atoms with van der Waals surface area (Å²) in [6.07, 6.45) is 0. The van der Waals surface area contributed by atoms with Gasteiger partial charge < -0.3 is 20.1 Å². The molecule has 3 rings (SSSR count). The van der Waals surface area contributed by atoms with Crippen LogP contribution in [-0.2, 0) is 4.79 Å². The molecule has 2 aliphatic heterocycles. The van der Waals surface area contributed by atoms with Crippen molar-refractivity contribution in [3.8, 4) is 11.5 Å². The summed E-state index contributed by atoms with van der Waals surface area (Å²) in [4.78, 5) is 12.2. The van der Waals surface area contributed by atoms with Crippen LogP contribution in [0.25, 0.3) is 0 Å². The lowest BCUT2D eigenvalue weighted by Crippen LogP contribution is -2.48. The summed E-state index contributed by atoms with van der Waals surface area (Å²) in [5.74, 6) is 1.57. The summed E-state index contributed by atoms with van der Waals surface area (Å²) in [7, 11) is 0. The third-order valence-electron chi connectivity index (χ3n) is 3.82. The van der Waals surface area contributed by atoms with E-state index in [0.29, 0.717) is 41.3 Å². The first kappa shape index (κ1) is 16.2. The van der Waals surface area contributed by atoms with Gasteiger partial charge in [-0.2, -0.15) is 0 Å². The van der Waals surface area contributed by atoms with E-state index in [4.69, 9.17) is 21.1 Å². The maximum atomic E-state index is 12.2. The van der Waals surface area contributed by atoms with Gasteiger partial charge in [0, 0.05) is 18.1 Å². The van der Waals surface area contributed by atoms with Crippen LogP contribution in [0, 0.1) is 11.8 Å². The number of ether oxygens (including phenoxy) is 2. The van der Waals surface area contributed by atoms with Gasteiger partial charge in [0.2, 0.25) is 5.91 Å². The molecule has 1 aromatic carbocycles. The summed E-state index contributed by atoms with van der Waals surface area (Å²) in [5, 5.41) is 6.51. The Kier molecular flexibility index (Phi) is 5.19. The number of nitrogens with one attached hydrogen (secondary N) is 2. The molecule has 1 fully saturated rings. The standard InChI is InChI=1S/C14H17ClN2O3.ClH/c1-8(9-6-16-7-9)14(18)17-11-5-13-12(4-10(11)15)19-2-3-20-13;/h4-5,8-9,16H,2-3,6-7H2,1H3,(H,17,18);1H. The zero-order valence-electron chi connectivity index (χ0n) is 11.6. The first-order valence-corrected chi connectivity index (χ1v) is 7.13. The predicted octanol–water partition coefficient (Wildman–Crippen LogP) is 2.33. The molecule has 1 saturated heterocycles. The van der Waals surface area contributed by atoms with Crippen LogP contribution in [0.2, 0.25) is 5.02 Å². The minimum Gasteiger partial charge on any atom is -0.486 e. The van der Waals surface area contributed by atoms with E-state index in [-0.39, 0.29) is 24.2 Å². The van der Waals surface area contributed by atoms with Crippen molar-refractivity contribution in [2.75, 3.05) is 31.6 Å². The topological polar surface area (TPSA) is 59.6 Å². The van der Waals surface area contributed by atoms with Crippen LogP contribution in [0.15, 0.2) is 12.1 Å². The predicted molar refractivity (Wildman–Crippen MR) is 83.8 cm³/mol. The molecule has 0 aromatic heterocycles. The van der Waals surface area contributed by atoms with E-state index in [0.717, 1.165) is 13.1 Å². The Morgan fingerprint density at radius 3 is 2.52 bits per heavy atom. The molecule has 0 spiro atoms. The van der Waals surface area contributed by atoms with Gasteiger partial charge in [0.25, 0.3) is 0 Å². The fraction of sp³-hybridized carbons (Fsp3) is 0.500. The van der Waals surface area contributed by atoms with Crippen LogP contribution in [0.4, 0.5) is 5.69 Å². The first-order valence-electron chi connectivity index (χ1n) is 6.76. The number of carbonyl (C=O) groups is 1. The zero-order chi connectivity index (χ0) is 14.1. The molecule has 1 atom stereocenters. The highest BCUT2D eigenvalue weighted by Crippen LogP contribution is 2.38. The number of fused-ring (bicyclic) bond motifs is 1. The van der Waals surface area contributed by atoms with Crippen molar-refractivity contribution < 1.29 is 14.3 Å². The molecule has 7 heteroatoms. The smallest absolute Gasteiger partial charge is 0.227 e. The van der Waals surface area contributed by atoms with E-state index >= 15 is 0 Å². The fourth-order valence-corrected chi connectivity index (χ4v) is 2.49. The number of amides is 1. The van der Waals surface area contributed by atoms with E-state index < -0.39 is 0 Å². The lowest BCUT2D eigenvalue weighted by Gasteiger charge is -2.31. The van der Waals surface area contributed by atoms with Gasteiger partial charge in [-0.05, 0) is 19.0 Å². The van der Waals surface area contributed by atoms with Crippen molar-refractivity contribution in [2.24, 2.45) is 11.8 Å². The minimum atomic E-state index is -0.0412. The van der Waals surface area contributed by atoms with Crippen LogP contribution in [0.5, 0.6) is 11.5 Å². The lowest BCUT2D eigenvalue weighted by molar-refractivity contribution is -0.121. The number of hydrogen-bond donors (Lipinski definition) is 2. The summed E-state index contributed by atoms with van der Waals surface area (Å²) in [6.45, 7) is 4.74. The quantitative estimate of drug-likeness (QED) is 0.891. The largest absolute Gasteiger partial charge is 0.486 e.